The number of aryl methyl sites for hydroxylation is 2. The molecule has 1 saturated heterocycles. The van der Waals surface area contributed by atoms with E-state index in [1.807, 2.05) is 6.92 Å². The van der Waals surface area contributed by atoms with E-state index in [0.29, 0.717) is 5.92 Å². The monoisotopic (exact) mass is 324 g/mol. The lowest BCUT2D eigenvalue weighted by Crippen LogP contribution is -2.27. The maximum atomic E-state index is 13.2. The van der Waals surface area contributed by atoms with E-state index in [9.17, 15) is 4.39 Å². The first kappa shape index (κ1) is 15.3. The molecule has 124 valence electrons. The second-order valence-electron chi connectivity index (χ2n) is 6.54. The van der Waals surface area contributed by atoms with Gasteiger partial charge in [0.15, 0.2) is 0 Å². The molecule has 1 aliphatic rings. The number of hydrogen-bond donors (Lipinski definition) is 2. The summed E-state index contributed by atoms with van der Waals surface area (Å²) >= 11 is 0. The highest BCUT2D eigenvalue weighted by atomic mass is 19.1. The number of aromatic amines is 1. The zero-order valence-electron chi connectivity index (χ0n) is 14.0. The number of hydrogen-bond acceptors (Lipinski definition) is 3. The summed E-state index contributed by atoms with van der Waals surface area (Å²) in [6, 6.07) is 6.59. The molecule has 3 heterocycles. The molecule has 4 nitrogen and oxygen atoms in total. The Morgan fingerprint density at radius 3 is 2.46 bits per heavy atom. The van der Waals surface area contributed by atoms with Gasteiger partial charge >= 0.3 is 0 Å². The molecule has 1 aromatic carbocycles. The summed E-state index contributed by atoms with van der Waals surface area (Å²) in [4.78, 5) is 12.9. The van der Waals surface area contributed by atoms with Gasteiger partial charge in [-0.2, -0.15) is 0 Å². The molecule has 0 unspecified atom stereocenters. The molecule has 0 aliphatic carbocycles. The maximum Gasteiger partial charge on any atom is 0.126 e. The lowest BCUT2D eigenvalue weighted by atomic mass is 9.93. The summed E-state index contributed by atoms with van der Waals surface area (Å²) in [5.74, 6) is 1.04. The number of piperidine rings is 1. The molecule has 24 heavy (non-hydrogen) atoms. The number of aromatic nitrogens is 3. The highest BCUT2D eigenvalue weighted by molar-refractivity contribution is 5.89. The van der Waals surface area contributed by atoms with Crippen LogP contribution in [0.2, 0.25) is 0 Å². The molecule has 0 atom stereocenters. The molecule has 2 N–H and O–H groups in total. The molecule has 3 aromatic rings. The van der Waals surface area contributed by atoms with Crippen LogP contribution in [0.15, 0.2) is 24.3 Å². The van der Waals surface area contributed by atoms with Crippen molar-refractivity contribution >= 4 is 11.0 Å². The van der Waals surface area contributed by atoms with Gasteiger partial charge in [-0.25, -0.2) is 14.4 Å². The highest BCUT2D eigenvalue weighted by Crippen LogP contribution is 2.34. The summed E-state index contributed by atoms with van der Waals surface area (Å²) in [5.41, 5.74) is 6.20. The molecule has 0 spiro atoms. The average Bonchev–Trinajstić information content (AvgIpc) is 2.93. The third kappa shape index (κ3) is 2.59. The fraction of sp³-hybridized carbons (Fsp3) is 0.368. The fourth-order valence-electron chi connectivity index (χ4n) is 3.62. The van der Waals surface area contributed by atoms with Crippen molar-refractivity contribution in [2.24, 2.45) is 0 Å². The molecule has 0 amide bonds. The molecule has 4 rings (SSSR count). The quantitative estimate of drug-likeness (QED) is 0.753. The first-order chi connectivity index (χ1) is 11.6. The van der Waals surface area contributed by atoms with Gasteiger partial charge in [-0.15, -0.1) is 0 Å². The summed E-state index contributed by atoms with van der Waals surface area (Å²) in [6.45, 7) is 6.07. The number of nitrogens with one attached hydrogen (secondary N) is 2. The van der Waals surface area contributed by atoms with Crippen LogP contribution in [0.5, 0.6) is 0 Å². The van der Waals surface area contributed by atoms with Crippen molar-refractivity contribution in [3.8, 4) is 11.3 Å². The predicted molar refractivity (Wildman–Crippen MR) is 93.6 cm³/mol. The maximum absolute atomic E-state index is 13.2. The largest absolute Gasteiger partial charge is 0.351 e. The summed E-state index contributed by atoms with van der Waals surface area (Å²) in [5, 5.41) is 3.41. The first-order valence-corrected chi connectivity index (χ1v) is 8.47. The van der Waals surface area contributed by atoms with Gasteiger partial charge in [0.1, 0.15) is 11.6 Å². The summed E-state index contributed by atoms with van der Waals surface area (Å²) in [7, 11) is 0. The summed E-state index contributed by atoms with van der Waals surface area (Å²) < 4.78 is 13.2. The van der Waals surface area contributed by atoms with Crippen molar-refractivity contribution in [3.63, 3.8) is 0 Å². The number of nitrogens with zero attached hydrogens (tertiary/aromatic N) is 2. The van der Waals surface area contributed by atoms with Gasteiger partial charge < -0.3 is 10.3 Å². The Bertz CT molecular complexity index is 877. The van der Waals surface area contributed by atoms with Crippen LogP contribution in [0, 0.1) is 19.7 Å². The molecule has 5 heteroatoms. The number of fused-ring (bicyclic) bond motifs is 1. The number of halogens is 1. The van der Waals surface area contributed by atoms with E-state index in [-0.39, 0.29) is 5.82 Å². The fourth-order valence-corrected chi connectivity index (χ4v) is 3.62. The Balaban J connectivity index is 1.89. The molecule has 0 bridgehead atoms. The average molecular weight is 324 g/mol. The van der Waals surface area contributed by atoms with E-state index in [1.165, 1.54) is 12.1 Å². The van der Waals surface area contributed by atoms with Crippen LogP contribution in [0.1, 0.15) is 35.8 Å². The Hall–Kier alpha value is -2.27. The van der Waals surface area contributed by atoms with Gasteiger partial charge in [0.25, 0.3) is 0 Å². The Kier molecular flexibility index (Phi) is 3.81. The Morgan fingerprint density at radius 1 is 1.04 bits per heavy atom. The second kappa shape index (κ2) is 5.98. The molecule has 1 fully saturated rings. The number of benzene rings is 1. The minimum atomic E-state index is -0.224. The van der Waals surface area contributed by atoms with Crippen LogP contribution in [0.25, 0.3) is 22.3 Å². The van der Waals surface area contributed by atoms with Crippen molar-refractivity contribution in [2.75, 3.05) is 13.1 Å². The van der Waals surface area contributed by atoms with Crippen molar-refractivity contribution in [3.05, 3.63) is 47.2 Å². The summed E-state index contributed by atoms with van der Waals surface area (Å²) in [6.07, 6.45) is 2.19. The van der Waals surface area contributed by atoms with E-state index in [1.54, 1.807) is 12.1 Å². The molecule has 0 radical (unpaired) electrons. The zero-order chi connectivity index (χ0) is 16.7. The lowest BCUT2D eigenvalue weighted by molar-refractivity contribution is 0.454. The highest BCUT2D eigenvalue weighted by Gasteiger charge is 2.23. The van der Waals surface area contributed by atoms with E-state index < -0.39 is 0 Å². The molecular formula is C19H21FN4. The van der Waals surface area contributed by atoms with E-state index >= 15 is 0 Å². The van der Waals surface area contributed by atoms with Crippen LogP contribution in [0.4, 0.5) is 4.39 Å². The molecular weight excluding hydrogens is 303 g/mol. The standard InChI is InChI=1S/C19H21FN4/c1-11-16(13-3-5-15(20)6-4-13)24-19-17(11)22-12(2)23-18(19)14-7-9-21-10-8-14/h3-6,14,21,24H,7-10H2,1-2H3. The second-order valence-corrected chi connectivity index (χ2v) is 6.54. The predicted octanol–water partition coefficient (Wildman–Crippen LogP) is 3.85. The molecule has 1 aliphatic heterocycles. The van der Waals surface area contributed by atoms with Gasteiger partial charge in [0, 0.05) is 11.5 Å². The van der Waals surface area contributed by atoms with Crippen LogP contribution in [-0.4, -0.2) is 28.0 Å². The number of rotatable bonds is 2. The van der Waals surface area contributed by atoms with Crippen LogP contribution in [0.3, 0.4) is 0 Å². The SMILES string of the molecule is Cc1nc(C2CCNCC2)c2[nH]c(-c3ccc(F)cc3)c(C)c2n1. The van der Waals surface area contributed by atoms with Crippen LogP contribution < -0.4 is 5.32 Å². The lowest BCUT2D eigenvalue weighted by Gasteiger charge is -2.22. The topological polar surface area (TPSA) is 53.6 Å². The zero-order valence-corrected chi connectivity index (χ0v) is 14.0. The van der Waals surface area contributed by atoms with Gasteiger partial charge in [-0.1, -0.05) is 0 Å². The van der Waals surface area contributed by atoms with Gasteiger partial charge in [0.2, 0.25) is 0 Å². The van der Waals surface area contributed by atoms with Gasteiger partial charge in [-0.05, 0) is 69.6 Å². The third-order valence-corrected chi connectivity index (χ3v) is 4.89. The number of H-pyrrole nitrogens is 1. The minimum Gasteiger partial charge on any atom is -0.351 e. The van der Waals surface area contributed by atoms with Crippen molar-refractivity contribution in [1.82, 2.24) is 20.3 Å². The van der Waals surface area contributed by atoms with Gasteiger partial charge in [-0.3, -0.25) is 0 Å². The smallest absolute Gasteiger partial charge is 0.126 e. The van der Waals surface area contributed by atoms with E-state index in [0.717, 1.165) is 65.3 Å². The third-order valence-electron chi connectivity index (χ3n) is 4.89. The van der Waals surface area contributed by atoms with Crippen molar-refractivity contribution in [1.29, 1.82) is 0 Å². The van der Waals surface area contributed by atoms with Crippen LogP contribution >= 0.6 is 0 Å². The van der Waals surface area contributed by atoms with Crippen LogP contribution in [-0.2, 0) is 0 Å². The Labute approximate surface area is 140 Å². The van der Waals surface area contributed by atoms with E-state index in [4.69, 9.17) is 4.98 Å². The molecule has 2 aromatic heterocycles. The van der Waals surface area contributed by atoms with E-state index in [2.05, 4.69) is 22.2 Å². The molecule has 0 saturated carbocycles. The first-order valence-electron chi connectivity index (χ1n) is 8.47. The van der Waals surface area contributed by atoms with Crippen molar-refractivity contribution < 1.29 is 4.39 Å². The van der Waals surface area contributed by atoms with Gasteiger partial charge in [0.05, 0.1) is 22.4 Å². The normalized spacial score (nSPS) is 16.0. The van der Waals surface area contributed by atoms with Crippen molar-refractivity contribution in [2.45, 2.75) is 32.6 Å². The minimum absolute atomic E-state index is 0.224. The Morgan fingerprint density at radius 2 is 1.75 bits per heavy atom.